The zero-order valence-corrected chi connectivity index (χ0v) is 17.1. The predicted molar refractivity (Wildman–Crippen MR) is 112 cm³/mol. The van der Waals surface area contributed by atoms with Crippen LogP contribution in [0.1, 0.15) is 51.2 Å². The fourth-order valence-corrected chi connectivity index (χ4v) is 5.02. The molecular weight excluding hydrogens is 364 g/mol. The van der Waals surface area contributed by atoms with Gasteiger partial charge in [-0.2, -0.15) is 0 Å². The molecule has 2 aliphatic rings. The number of ether oxygens (including phenoxy) is 2. The Hall–Kier alpha value is -2.88. The molecule has 0 spiro atoms. The lowest BCUT2D eigenvalue weighted by molar-refractivity contribution is -0.132. The van der Waals surface area contributed by atoms with Crippen molar-refractivity contribution in [2.24, 2.45) is 17.8 Å². The quantitative estimate of drug-likeness (QED) is 0.518. The number of fused-ring (bicyclic) bond motifs is 2. The van der Waals surface area contributed by atoms with Gasteiger partial charge in [-0.25, -0.2) is 0 Å². The van der Waals surface area contributed by atoms with E-state index in [1.165, 1.54) is 44.3 Å². The van der Waals surface area contributed by atoms with Crippen LogP contribution in [-0.2, 0) is 9.59 Å². The zero-order valence-electron chi connectivity index (χ0n) is 17.1. The molecule has 0 saturated heterocycles. The first kappa shape index (κ1) is 19.4. The summed E-state index contributed by atoms with van der Waals surface area (Å²) in [5.41, 5.74) is 5.03. The van der Waals surface area contributed by atoms with E-state index in [-0.39, 0.29) is 11.9 Å². The Balaban J connectivity index is 1.77. The molecule has 150 valence electrons. The predicted octanol–water partition coefficient (Wildman–Crippen LogP) is 5.41. The molecule has 4 heteroatoms. The van der Waals surface area contributed by atoms with Gasteiger partial charge in [0.2, 0.25) is 0 Å². The largest absolute Gasteiger partial charge is 0.427 e. The second-order valence-corrected chi connectivity index (χ2v) is 8.13. The van der Waals surface area contributed by atoms with Crippen molar-refractivity contribution in [1.29, 1.82) is 0 Å². The van der Waals surface area contributed by atoms with Gasteiger partial charge in [0.05, 0.1) is 0 Å². The van der Waals surface area contributed by atoms with E-state index in [2.05, 4.69) is 6.92 Å². The van der Waals surface area contributed by atoms with Gasteiger partial charge in [-0.3, -0.25) is 9.59 Å². The Morgan fingerprint density at radius 2 is 1.28 bits per heavy atom. The highest BCUT2D eigenvalue weighted by molar-refractivity contribution is 5.84. The van der Waals surface area contributed by atoms with Gasteiger partial charge in [0.1, 0.15) is 11.5 Å². The summed E-state index contributed by atoms with van der Waals surface area (Å²) in [5.74, 6) is 2.42. The molecule has 4 nitrogen and oxygen atoms in total. The number of benzene rings is 2. The van der Waals surface area contributed by atoms with Crippen molar-refractivity contribution in [1.82, 2.24) is 0 Å². The fraction of sp³-hybridized carbons (Fsp3) is 0.360. The van der Waals surface area contributed by atoms with Gasteiger partial charge in [0.25, 0.3) is 0 Å². The van der Waals surface area contributed by atoms with Crippen LogP contribution in [0.2, 0.25) is 0 Å². The van der Waals surface area contributed by atoms with Crippen LogP contribution in [0.15, 0.2) is 54.1 Å². The molecule has 0 amide bonds. The van der Waals surface area contributed by atoms with Crippen LogP contribution in [0.4, 0.5) is 0 Å². The van der Waals surface area contributed by atoms with Gasteiger partial charge >= 0.3 is 11.9 Å². The van der Waals surface area contributed by atoms with Crippen molar-refractivity contribution in [2.45, 2.75) is 40.0 Å². The molecule has 29 heavy (non-hydrogen) atoms. The molecule has 0 radical (unpaired) electrons. The molecule has 2 bridgehead atoms. The van der Waals surface area contributed by atoms with Crippen LogP contribution < -0.4 is 9.47 Å². The maximum absolute atomic E-state index is 11.2. The second-order valence-electron chi connectivity index (χ2n) is 8.13. The van der Waals surface area contributed by atoms with Gasteiger partial charge in [0, 0.05) is 13.8 Å². The van der Waals surface area contributed by atoms with Gasteiger partial charge in [-0.05, 0) is 78.0 Å². The van der Waals surface area contributed by atoms with E-state index in [0.717, 1.165) is 17.0 Å². The molecule has 2 aromatic carbocycles. The van der Waals surface area contributed by atoms with Crippen LogP contribution in [0.5, 0.6) is 11.5 Å². The number of carbonyl (C=O) groups excluding carboxylic acids is 2. The highest BCUT2D eigenvalue weighted by atomic mass is 16.5. The first-order valence-electron chi connectivity index (χ1n) is 10.2. The van der Waals surface area contributed by atoms with Gasteiger partial charge in [-0.15, -0.1) is 0 Å². The number of allylic oxidation sites excluding steroid dienone is 1. The summed E-state index contributed by atoms with van der Waals surface area (Å²) in [6, 6.07) is 15.5. The van der Waals surface area contributed by atoms with E-state index in [0.29, 0.717) is 23.3 Å². The molecule has 3 unspecified atom stereocenters. The summed E-state index contributed by atoms with van der Waals surface area (Å²) < 4.78 is 10.4. The summed E-state index contributed by atoms with van der Waals surface area (Å²) in [7, 11) is 0. The van der Waals surface area contributed by atoms with Crippen molar-refractivity contribution in [3.05, 3.63) is 65.2 Å². The highest BCUT2D eigenvalue weighted by Gasteiger charge is 2.42. The minimum Gasteiger partial charge on any atom is -0.427 e. The van der Waals surface area contributed by atoms with Gasteiger partial charge in [-0.1, -0.05) is 36.8 Å². The first-order valence-corrected chi connectivity index (χ1v) is 10.2. The monoisotopic (exact) mass is 390 g/mol. The van der Waals surface area contributed by atoms with Crippen molar-refractivity contribution in [3.8, 4) is 11.5 Å². The summed E-state index contributed by atoms with van der Waals surface area (Å²) in [5, 5.41) is 0. The normalized spacial score (nSPS) is 22.4. The zero-order chi connectivity index (χ0) is 20.5. The number of hydrogen-bond acceptors (Lipinski definition) is 4. The Labute approximate surface area is 171 Å². The molecule has 0 N–H and O–H groups in total. The number of hydrogen-bond donors (Lipinski definition) is 0. The summed E-state index contributed by atoms with van der Waals surface area (Å²) in [6.07, 6.45) is 3.85. The van der Waals surface area contributed by atoms with Crippen molar-refractivity contribution < 1.29 is 19.1 Å². The third-order valence-corrected chi connectivity index (χ3v) is 6.21. The third-order valence-electron chi connectivity index (χ3n) is 6.21. The molecule has 0 aliphatic heterocycles. The molecular formula is C25H26O4. The molecule has 2 fully saturated rings. The van der Waals surface area contributed by atoms with Crippen LogP contribution >= 0.6 is 0 Å². The molecule has 0 heterocycles. The standard InChI is InChI=1S/C25H26O4/c1-15-20-4-5-21(14-20)24(15)25(18-6-10-22(11-7-18)28-16(2)26)19-8-12-23(13-9-19)29-17(3)27/h6-13,15,20-21H,4-5,14H2,1-3H3. The van der Waals surface area contributed by atoms with Crippen LogP contribution in [0.3, 0.4) is 0 Å². The van der Waals surface area contributed by atoms with Crippen molar-refractivity contribution in [2.75, 3.05) is 0 Å². The smallest absolute Gasteiger partial charge is 0.308 e. The molecule has 2 aliphatic carbocycles. The molecule has 2 saturated carbocycles. The van der Waals surface area contributed by atoms with Gasteiger partial charge < -0.3 is 9.47 Å². The maximum Gasteiger partial charge on any atom is 0.308 e. The SMILES string of the molecule is CC(=O)Oc1ccc(C(=C2C3CCC(C3)C2C)c2ccc(OC(C)=O)cc2)cc1. The molecule has 2 aromatic rings. The van der Waals surface area contributed by atoms with E-state index in [1.807, 2.05) is 48.5 Å². The third kappa shape index (κ3) is 3.98. The van der Waals surface area contributed by atoms with Crippen LogP contribution in [0.25, 0.3) is 5.57 Å². The Bertz CT molecular complexity index is 888. The van der Waals surface area contributed by atoms with Crippen molar-refractivity contribution >= 4 is 17.5 Å². The second kappa shape index (κ2) is 7.86. The summed E-state index contributed by atoms with van der Waals surface area (Å²) >= 11 is 0. The van der Waals surface area contributed by atoms with Crippen LogP contribution in [0, 0.1) is 17.8 Å². The fourth-order valence-electron chi connectivity index (χ4n) is 5.02. The van der Waals surface area contributed by atoms with E-state index in [9.17, 15) is 9.59 Å². The number of esters is 2. The van der Waals surface area contributed by atoms with E-state index in [1.54, 1.807) is 0 Å². The maximum atomic E-state index is 11.2. The number of carbonyl (C=O) groups is 2. The van der Waals surface area contributed by atoms with Gasteiger partial charge in [0.15, 0.2) is 0 Å². The summed E-state index contributed by atoms with van der Waals surface area (Å²) in [6.45, 7) is 5.16. The Morgan fingerprint density at radius 1 is 0.793 bits per heavy atom. The topological polar surface area (TPSA) is 52.6 Å². The van der Waals surface area contributed by atoms with Crippen LogP contribution in [-0.4, -0.2) is 11.9 Å². The van der Waals surface area contributed by atoms with E-state index < -0.39 is 0 Å². The lowest BCUT2D eigenvalue weighted by Crippen LogP contribution is -2.12. The summed E-state index contributed by atoms with van der Waals surface area (Å²) in [4.78, 5) is 22.5. The lowest BCUT2D eigenvalue weighted by atomic mass is 9.79. The van der Waals surface area contributed by atoms with E-state index in [4.69, 9.17) is 9.47 Å². The first-order chi connectivity index (χ1) is 13.9. The Morgan fingerprint density at radius 3 is 1.66 bits per heavy atom. The Kier molecular flexibility index (Phi) is 5.27. The molecule has 3 atom stereocenters. The highest BCUT2D eigenvalue weighted by Crippen LogP contribution is 2.55. The molecule has 0 aromatic heterocycles. The minimum atomic E-state index is -0.320. The van der Waals surface area contributed by atoms with Crippen molar-refractivity contribution in [3.63, 3.8) is 0 Å². The lowest BCUT2D eigenvalue weighted by Gasteiger charge is -2.26. The number of rotatable bonds is 4. The molecule has 4 rings (SSSR count). The van der Waals surface area contributed by atoms with E-state index >= 15 is 0 Å². The average Bonchev–Trinajstić information content (AvgIpc) is 3.26. The minimum absolute atomic E-state index is 0.320. The average molecular weight is 390 g/mol.